The van der Waals surface area contributed by atoms with E-state index in [1.807, 2.05) is 32.9 Å². The highest BCUT2D eigenvalue weighted by molar-refractivity contribution is 7.16. The summed E-state index contributed by atoms with van der Waals surface area (Å²) in [5.41, 5.74) is -0.470. The molecule has 0 aliphatic carbocycles. The first kappa shape index (κ1) is 20.3. The fourth-order valence-corrected chi connectivity index (χ4v) is 3.15. The number of ether oxygens (including phenoxy) is 1. The number of hydrogen-bond donors (Lipinski definition) is 2. The highest BCUT2D eigenvalue weighted by Crippen LogP contribution is 2.26. The normalized spacial score (nSPS) is 14.6. The molecule has 2 unspecified atom stereocenters. The summed E-state index contributed by atoms with van der Waals surface area (Å²) in [6.07, 6.45) is -0.360. The maximum absolute atomic E-state index is 11.8. The summed E-state index contributed by atoms with van der Waals surface area (Å²) in [5.74, 6) is 0.789. The quantitative estimate of drug-likeness (QED) is 0.730. The van der Waals surface area contributed by atoms with Gasteiger partial charge in [-0.3, -0.25) is 0 Å². The molecule has 2 atom stereocenters. The molecule has 0 saturated heterocycles. The van der Waals surface area contributed by atoms with Crippen molar-refractivity contribution in [2.45, 2.75) is 53.2 Å². The van der Waals surface area contributed by atoms with Crippen LogP contribution in [-0.2, 0) is 4.74 Å². The first-order valence-electron chi connectivity index (χ1n) is 8.04. The molecule has 6 heteroatoms. The third kappa shape index (κ3) is 8.04. The number of thiophene rings is 1. The van der Waals surface area contributed by atoms with Crippen LogP contribution in [0.1, 0.15) is 52.5 Å². The fraction of sp³-hybridized carbons (Fsp3) is 0.706. The van der Waals surface area contributed by atoms with Crippen molar-refractivity contribution in [3.05, 3.63) is 21.3 Å². The molecule has 1 aromatic rings. The molecular weight excluding hydrogens is 332 g/mol. The molecule has 4 nitrogen and oxygen atoms in total. The van der Waals surface area contributed by atoms with Crippen molar-refractivity contribution in [1.29, 1.82) is 0 Å². The molecule has 132 valence electrons. The molecule has 1 amide bonds. The van der Waals surface area contributed by atoms with Crippen molar-refractivity contribution < 1.29 is 9.53 Å². The second-order valence-corrected chi connectivity index (χ2v) is 8.91. The van der Waals surface area contributed by atoms with Crippen LogP contribution in [0.3, 0.4) is 0 Å². The molecule has 2 N–H and O–H groups in total. The van der Waals surface area contributed by atoms with Crippen LogP contribution in [0, 0.1) is 11.8 Å². The van der Waals surface area contributed by atoms with Crippen LogP contribution in [0.5, 0.6) is 0 Å². The van der Waals surface area contributed by atoms with Gasteiger partial charge in [0.25, 0.3) is 0 Å². The number of carbonyl (C=O) groups excluding carboxylic acids is 1. The molecule has 0 fully saturated rings. The summed E-state index contributed by atoms with van der Waals surface area (Å²) in [4.78, 5) is 13.0. The van der Waals surface area contributed by atoms with Crippen LogP contribution in [0.25, 0.3) is 0 Å². The number of alkyl carbamates (subject to hydrolysis) is 1. The van der Waals surface area contributed by atoms with Crippen LogP contribution in [0.4, 0.5) is 4.79 Å². The number of nitrogens with one attached hydrogen (secondary N) is 2. The molecule has 0 aliphatic rings. The zero-order valence-electron chi connectivity index (χ0n) is 14.9. The minimum absolute atomic E-state index is 0.246. The molecule has 1 heterocycles. The highest BCUT2D eigenvalue weighted by Gasteiger charge is 2.20. The Kier molecular flexibility index (Phi) is 7.84. The van der Waals surface area contributed by atoms with Gasteiger partial charge in [-0.05, 0) is 51.7 Å². The molecule has 0 aliphatic heterocycles. The Morgan fingerprint density at radius 1 is 1.26 bits per heavy atom. The summed E-state index contributed by atoms with van der Waals surface area (Å²) >= 11 is 7.58. The van der Waals surface area contributed by atoms with Gasteiger partial charge in [0.1, 0.15) is 5.60 Å². The minimum atomic E-state index is -0.470. The summed E-state index contributed by atoms with van der Waals surface area (Å²) in [6, 6.07) is 4.22. The van der Waals surface area contributed by atoms with Crippen LogP contribution < -0.4 is 10.6 Å². The van der Waals surface area contributed by atoms with Gasteiger partial charge in [-0.1, -0.05) is 25.4 Å². The summed E-state index contributed by atoms with van der Waals surface area (Å²) < 4.78 is 6.09. The molecule has 23 heavy (non-hydrogen) atoms. The Hall–Kier alpha value is -0.780. The van der Waals surface area contributed by atoms with Gasteiger partial charge in [-0.25, -0.2) is 4.79 Å². The zero-order valence-corrected chi connectivity index (χ0v) is 16.5. The van der Waals surface area contributed by atoms with E-state index in [0.717, 1.165) is 10.9 Å². The molecular formula is C17H29ClN2O2S. The van der Waals surface area contributed by atoms with Gasteiger partial charge >= 0.3 is 6.09 Å². The predicted molar refractivity (Wildman–Crippen MR) is 98.3 cm³/mol. The van der Waals surface area contributed by atoms with Crippen LogP contribution in [-0.4, -0.2) is 24.8 Å². The van der Waals surface area contributed by atoms with E-state index in [2.05, 4.69) is 31.4 Å². The standard InChI is InChI=1S/C17H29ClN2O2S/c1-11(2)13(10-20-16(21)22-17(4,5)6)9-19-12(3)14-7-8-15(18)23-14/h7-8,11-13,19H,9-10H2,1-6H3,(H,20,21). The van der Waals surface area contributed by atoms with Gasteiger partial charge in [-0.2, -0.15) is 0 Å². The Bertz CT molecular complexity index is 497. The summed E-state index contributed by atoms with van der Waals surface area (Å²) in [7, 11) is 0. The molecule has 1 rings (SSSR count). The Labute approximate surface area is 148 Å². The first-order valence-corrected chi connectivity index (χ1v) is 9.23. The zero-order chi connectivity index (χ0) is 17.6. The molecule has 1 aromatic heterocycles. The third-order valence-electron chi connectivity index (χ3n) is 3.56. The lowest BCUT2D eigenvalue weighted by Gasteiger charge is -2.25. The monoisotopic (exact) mass is 360 g/mol. The lowest BCUT2D eigenvalue weighted by Crippen LogP contribution is -2.40. The van der Waals surface area contributed by atoms with E-state index in [9.17, 15) is 4.79 Å². The minimum Gasteiger partial charge on any atom is -0.444 e. The topological polar surface area (TPSA) is 50.4 Å². The summed E-state index contributed by atoms with van der Waals surface area (Å²) in [6.45, 7) is 13.5. The van der Waals surface area contributed by atoms with Crippen molar-refractivity contribution in [2.24, 2.45) is 11.8 Å². The second kappa shape index (κ2) is 8.90. The maximum atomic E-state index is 11.8. The first-order chi connectivity index (χ1) is 10.6. The van der Waals surface area contributed by atoms with Gasteiger partial charge in [0.05, 0.1) is 4.34 Å². The van der Waals surface area contributed by atoms with Crippen LogP contribution >= 0.6 is 22.9 Å². The van der Waals surface area contributed by atoms with Crippen molar-refractivity contribution in [2.75, 3.05) is 13.1 Å². The van der Waals surface area contributed by atoms with E-state index < -0.39 is 5.60 Å². The lowest BCUT2D eigenvalue weighted by molar-refractivity contribution is 0.0514. The number of rotatable bonds is 7. The average molecular weight is 361 g/mol. The third-order valence-corrected chi connectivity index (χ3v) is 4.97. The Morgan fingerprint density at radius 2 is 1.91 bits per heavy atom. The van der Waals surface area contributed by atoms with Gasteiger partial charge in [0.2, 0.25) is 0 Å². The predicted octanol–water partition coefficient (Wildman–Crippen LogP) is 4.85. The van der Waals surface area contributed by atoms with Crippen molar-refractivity contribution in [3.63, 3.8) is 0 Å². The van der Waals surface area contributed by atoms with Crippen LogP contribution in [0.2, 0.25) is 4.34 Å². The smallest absolute Gasteiger partial charge is 0.407 e. The van der Waals surface area contributed by atoms with E-state index in [1.54, 1.807) is 11.3 Å². The van der Waals surface area contributed by atoms with E-state index in [4.69, 9.17) is 16.3 Å². The lowest BCUT2D eigenvalue weighted by atomic mass is 9.95. The van der Waals surface area contributed by atoms with Crippen molar-refractivity contribution in [1.82, 2.24) is 10.6 Å². The van der Waals surface area contributed by atoms with Crippen LogP contribution in [0.15, 0.2) is 12.1 Å². The Morgan fingerprint density at radius 3 is 2.39 bits per heavy atom. The molecule has 0 radical (unpaired) electrons. The van der Waals surface area contributed by atoms with Crippen molar-refractivity contribution in [3.8, 4) is 0 Å². The molecule has 0 spiro atoms. The van der Waals surface area contributed by atoms with Crippen molar-refractivity contribution >= 4 is 29.0 Å². The largest absolute Gasteiger partial charge is 0.444 e. The number of halogens is 1. The fourth-order valence-electron chi connectivity index (χ4n) is 2.06. The SMILES string of the molecule is CC(NCC(CNC(=O)OC(C)(C)C)C(C)C)c1ccc(Cl)s1. The average Bonchev–Trinajstić information content (AvgIpc) is 2.82. The molecule has 0 aromatic carbocycles. The van der Waals surface area contributed by atoms with E-state index in [0.29, 0.717) is 18.4 Å². The number of hydrogen-bond acceptors (Lipinski definition) is 4. The van der Waals surface area contributed by atoms with E-state index in [1.165, 1.54) is 4.88 Å². The number of amides is 1. The molecule has 0 saturated carbocycles. The maximum Gasteiger partial charge on any atom is 0.407 e. The van der Waals surface area contributed by atoms with Gasteiger partial charge in [0, 0.05) is 24.0 Å². The van der Waals surface area contributed by atoms with E-state index in [-0.39, 0.29) is 12.1 Å². The summed E-state index contributed by atoms with van der Waals surface area (Å²) in [5, 5.41) is 6.39. The second-order valence-electron chi connectivity index (χ2n) is 7.16. The van der Waals surface area contributed by atoms with Gasteiger partial charge < -0.3 is 15.4 Å². The van der Waals surface area contributed by atoms with Gasteiger partial charge in [-0.15, -0.1) is 11.3 Å². The number of carbonyl (C=O) groups is 1. The Balaban J connectivity index is 2.44. The van der Waals surface area contributed by atoms with E-state index >= 15 is 0 Å². The van der Waals surface area contributed by atoms with Gasteiger partial charge in [0.15, 0.2) is 0 Å². The molecule has 0 bridgehead atoms. The highest BCUT2D eigenvalue weighted by atomic mass is 35.5.